The molecule has 140 valence electrons. The van der Waals surface area contributed by atoms with E-state index in [-0.39, 0.29) is 11.4 Å². The highest BCUT2D eigenvalue weighted by Gasteiger charge is 2.26. The number of nitrogens with zero attached hydrogens (tertiary/aromatic N) is 1. The van der Waals surface area contributed by atoms with E-state index < -0.39 is 10.0 Å². The number of anilines is 1. The van der Waals surface area contributed by atoms with Gasteiger partial charge in [-0.2, -0.15) is 0 Å². The molecule has 0 atom stereocenters. The highest BCUT2D eigenvalue weighted by Crippen LogP contribution is 2.29. The highest BCUT2D eigenvalue weighted by atomic mass is 32.2. The van der Waals surface area contributed by atoms with Crippen molar-refractivity contribution in [3.05, 3.63) is 89.5 Å². The Kier molecular flexibility index (Phi) is 5.51. The van der Waals surface area contributed by atoms with Gasteiger partial charge in [0.05, 0.1) is 24.2 Å². The van der Waals surface area contributed by atoms with Crippen molar-refractivity contribution in [3.63, 3.8) is 0 Å². The molecule has 4 nitrogen and oxygen atoms in total. The van der Waals surface area contributed by atoms with Crippen LogP contribution in [0.15, 0.2) is 77.7 Å². The largest absolute Gasteiger partial charge is 0.496 e. The van der Waals surface area contributed by atoms with Crippen molar-refractivity contribution in [2.75, 3.05) is 11.4 Å². The maximum Gasteiger partial charge on any atom is 0.264 e. The van der Waals surface area contributed by atoms with Crippen LogP contribution in [-0.2, 0) is 16.6 Å². The molecule has 0 aliphatic heterocycles. The summed E-state index contributed by atoms with van der Waals surface area (Å²) in [6, 6.07) is 21.9. The molecule has 0 bridgehead atoms. The van der Waals surface area contributed by atoms with Crippen LogP contribution < -0.4 is 9.04 Å². The van der Waals surface area contributed by atoms with Crippen molar-refractivity contribution >= 4 is 15.7 Å². The minimum absolute atomic E-state index is 0.184. The predicted molar refractivity (Wildman–Crippen MR) is 109 cm³/mol. The van der Waals surface area contributed by atoms with E-state index in [1.165, 1.54) is 4.31 Å². The van der Waals surface area contributed by atoms with E-state index >= 15 is 0 Å². The number of methoxy groups -OCH3 is 1. The molecule has 0 radical (unpaired) electrons. The average Bonchev–Trinajstić information content (AvgIpc) is 2.67. The van der Waals surface area contributed by atoms with Gasteiger partial charge in [-0.05, 0) is 44.2 Å². The fourth-order valence-corrected chi connectivity index (χ4v) is 4.29. The normalized spacial score (nSPS) is 11.2. The third kappa shape index (κ3) is 4.14. The topological polar surface area (TPSA) is 46.6 Å². The summed E-state index contributed by atoms with van der Waals surface area (Å²) in [5.41, 5.74) is 3.51. The Morgan fingerprint density at radius 1 is 0.815 bits per heavy atom. The Morgan fingerprint density at radius 2 is 1.37 bits per heavy atom. The van der Waals surface area contributed by atoms with Gasteiger partial charge in [0.2, 0.25) is 0 Å². The number of aryl methyl sites for hydroxylation is 2. The molecule has 0 unspecified atom stereocenters. The van der Waals surface area contributed by atoms with E-state index in [9.17, 15) is 8.42 Å². The first-order valence-corrected chi connectivity index (χ1v) is 10.1. The minimum Gasteiger partial charge on any atom is -0.496 e. The number of hydrogen-bond acceptors (Lipinski definition) is 3. The van der Waals surface area contributed by atoms with Crippen LogP contribution in [-0.4, -0.2) is 15.5 Å². The summed E-state index contributed by atoms with van der Waals surface area (Å²) in [6.45, 7) is 4.09. The van der Waals surface area contributed by atoms with E-state index in [1.807, 2.05) is 74.5 Å². The number of para-hydroxylation sites is 1. The summed E-state index contributed by atoms with van der Waals surface area (Å²) in [6.07, 6.45) is 0. The van der Waals surface area contributed by atoms with Crippen molar-refractivity contribution in [1.82, 2.24) is 0 Å². The van der Waals surface area contributed by atoms with Crippen LogP contribution >= 0.6 is 0 Å². The van der Waals surface area contributed by atoms with Crippen LogP contribution in [0.1, 0.15) is 16.7 Å². The second kappa shape index (κ2) is 7.84. The van der Waals surface area contributed by atoms with Gasteiger partial charge in [0.25, 0.3) is 10.0 Å². The molecule has 0 fully saturated rings. The van der Waals surface area contributed by atoms with Crippen molar-refractivity contribution in [2.45, 2.75) is 25.3 Å². The average molecular weight is 381 g/mol. The first-order chi connectivity index (χ1) is 12.9. The molecular formula is C22H23NO3S. The SMILES string of the molecule is COc1ccccc1CN(c1ccc(C)cc1)S(=O)(=O)c1ccc(C)cc1. The van der Waals surface area contributed by atoms with E-state index in [4.69, 9.17) is 4.74 Å². The van der Waals surface area contributed by atoms with E-state index in [1.54, 1.807) is 19.2 Å². The van der Waals surface area contributed by atoms with E-state index in [0.717, 1.165) is 16.7 Å². The third-order valence-electron chi connectivity index (χ3n) is 4.44. The van der Waals surface area contributed by atoms with Crippen molar-refractivity contribution < 1.29 is 13.2 Å². The van der Waals surface area contributed by atoms with Crippen molar-refractivity contribution in [3.8, 4) is 5.75 Å². The molecule has 0 aromatic heterocycles. The Labute approximate surface area is 161 Å². The molecule has 27 heavy (non-hydrogen) atoms. The first-order valence-electron chi connectivity index (χ1n) is 8.70. The molecular weight excluding hydrogens is 358 g/mol. The number of rotatable bonds is 6. The molecule has 3 aromatic carbocycles. The first kappa shape index (κ1) is 19.0. The van der Waals surface area contributed by atoms with Gasteiger partial charge in [0, 0.05) is 5.56 Å². The van der Waals surface area contributed by atoms with Gasteiger partial charge in [0.1, 0.15) is 5.75 Å². The summed E-state index contributed by atoms with van der Waals surface area (Å²) in [7, 11) is -2.14. The van der Waals surface area contributed by atoms with Crippen LogP contribution in [0.5, 0.6) is 5.75 Å². The van der Waals surface area contributed by atoms with Gasteiger partial charge in [-0.15, -0.1) is 0 Å². The Morgan fingerprint density at radius 3 is 1.96 bits per heavy atom. The molecule has 0 amide bonds. The van der Waals surface area contributed by atoms with Crippen LogP contribution in [0.4, 0.5) is 5.69 Å². The molecule has 0 spiro atoms. The molecule has 0 heterocycles. The lowest BCUT2D eigenvalue weighted by atomic mass is 10.2. The zero-order valence-corrected chi connectivity index (χ0v) is 16.5. The monoisotopic (exact) mass is 381 g/mol. The number of sulfonamides is 1. The predicted octanol–water partition coefficient (Wildman–Crippen LogP) is 4.71. The van der Waals surface area contributed by atoms with Gasteiger partial charge in [0.15, 0.2) is 0 Å². The summed E-state index contributed by atoms with van der Waals surface area (Å²) in [5, 5.41) is 0. The van der Waals surface area contributed by atoms with E-state index in [0.29, 0.717) is 11.4 Å². The molecule has 0 aliphatic rings. The van der Waals surface area contributed by atoms with Gasteiger partial charge in [-0.3, -0.25) is 4.31 Å². The van der Waals surface area contributed by atoms with Crippen LogP contribution in [0.3, 0.4) is 0 Å². The Bertz CT molecular complexity index is 1010. The second-order valence-electron chi connectivity index (χ2n) is 6.47. The fourth-order valence-electron chi connectivity index (χ4n) is 2.85. The van der Waals surface area contributed by atoms with Crippen LogP contribution in [0.25, 0.3) is 0 Å². The molecule has 0 N–H and O–H groups in total. The summed E-state index contributed by atoms with van der Waals surface area (Å²) in [5.74, 6) is 0.661. The fraction of sp³-hybridized carbons (Fsp3) is 0.182. The van der Waals surface area contributed by atoms with Gasteiger partial charge < -0.3 is 4.74 Å². The van der Waals surface area contributed by atoms with E-state index in [2.05, 4.69) is 0 Å². The summed E-state index contributed by atoms with van der Waals surface area (Å²) in [4.78, 5) is 0.267. The second-order valence-corrected chi connectivity index (χ2v) is 8.33. The lowest BCUT2D eigenvalue weighted by Crippen LogP contribution is -2.30. The lowest BCUT2D eigenvalue weighted by Gasteiger charge is -2.25. The quantitative estimate of drug-likeness (QED) is 0.621. The van der Waals surface area contributed by atoms with Crippen molar-refractivity contribution in [1.29, 1.82) is 0 Å². The van der Waals surface area contributed by atoms with Gasteiger partial charge >= 0.3 is 0 Å². The highest BCUT2D eigenvalue weighted by molar-refractivity contribution is 7.92. The zero-order valence-electron chi connectivity index (χ0n) is 15.7. The molecule has 3 rings (SSSR count). The maximum atomic E-state index is 13.4. The summed E-state index contributed by atoms with van der Waals surface area (Å²) < 4.78 is 33.7. The van der Waals surface area contributed by atoms with Crippen molar-refractivity contribution in [2.24, 2.45) is 0 Å². The standard InChI is InChI=1S/C22H23NO3S/c1-17-8-12-20(13-9-17)23(16-19-6-4-5-7-22(19)26-3)27(24,25)21-14-10-18(2)11-15-21/h4-15H,16H2,1-3H3. The minimum atomic E-state index is -3.73. The molecule has 0 saturated heterocycles. The molecule has 3 aromatic rings. The van der Waals surface area contributed by atoms with Gasteiger partial charge in [-0.1, -0.05) is 53.6 Å². The lowest BCUT2D eigenvalue weighted by molar-refractivity contribution is 0.410. The maximum absolute atomic E-state index is 13.4. The third-order valence-corrected chi connectivity index (χ3v) is 6.23. The van der Waals surface area contributed by atoms with Crippen LogP contribution in [0.2, 0.25) is 0 Å². The number of ether oxygens (including phenoxy) is 1. The zero-order chi connectivity index (χ0) is 19.4. The number of benzene rings is 3. The van der Waals surface area contributed by atoms with Gasteiger partial charge in [-0.25, -0.2) is 8.42 Å². The van der Waals surface area contributed by atoms with Crippen LogP contribution in [0, 0.1) is 13.8 Å². The molecule has 5 heteroatoms. The molecule has 0 aliphatic carbocycles. The molecule has 0 saturated carbocycles. The Hall–Kier alpha value is -2.79. The smallest absolute Gasteiger partial charge is 0.264 e. The summed E-state index contributed by atoms with van der Waals surface area (Å²) >= 11 is 0. The number of hydrogen-bond donors (Lipinski definition) is 0. The Balaban J connectivity index is 2.09.